The third kappa shape index (κ3) is 47.0. The monoisotopic (exact) mass is 888 g/mol. The van der Waals surface area contributed by atoms with Gasteiger partial charge in [0.2, 0.25) is 0 Å². The summed E-state index contributed by atoms with van der Waals surface area (Å²) in [6, 6.07) is 0. The van der Waals surface area contributed by atoms with Crippen molar-refractivity contribution in [1.29, 1.82) is 0 Å². The van der Waals surface area contributed by atoms with Crippen molar-refractivity contribution in [3.63, 3.8) is 0 Å². The molecule has 0 heterocycles. The van der Waals surface area contributed by atoms with Crippen LogP contribution in [0, 0.1) is 0 Å². The van der Waals surface area contributed by atoms with Crippen LogP contribution >= 0.6 is 0 Å². The van der Waals surface area contributed by atoms with Crippen molar-refractivity contribution in [2.45, 2.75) is 232 Å². The highest BCUT2D eigenvalue weighted by Crippen LogP contribution is 2.15. The fourth-order valence-corrected chi connectivity index (χ4v) is 7.01. The van der Waals surface area contributed by atoms with Gasteiger partial charge in [-0.05, 0) is 77.0 Å². The maximum absolute atomic E-state index is 12.8. The normalized spacial score (nSPS) is 13.2. The number of ether oxygens (including phenoxy) is 4. The highest BCUT2D eigenvalue weighted by atomic mass is 16.7. The minimum absolute atomic E-state index is 0.145. The SMILES string of the molecule is CCCCC/C=C\C/C=C\CCCCCCCCCCCC(=O)OCC(COC(OCC[N+](C)(C)C)C(=O)[O-])OC(=O)CCCCCCCCCCC/C=C\C/C=C\CCCCC. The number of hydrogen-bond donors (Lipinski definition) is 0. The Morgan fingerprint density at radius 2 is 0.857 bits per heavy atom. The van der Waals surface area contributed by atoms with E-state index < -0.39 is 24.3 Å². The molecule has 0 aromatic rings. The summed E-state index contributed by atoms with van der Waals surface area (Å²) in [6.45, 7) is 4.70. The number of carbonyl (C=O) groups is 3. The standard InChI is InChI=1S/C54H97NO8/c1-6-8-10-12-14-16-18-20-22-24-26-28-30-32-34-36-38-40-42-44-51(56)61-48-50(49-62-54(53(58)59)60-47-46-55(3,4)5)63-52(57)45-43-41-39-37-35-33-31-29-27-25-23-21-19-17-15-13-11-9-7-2/h14-17,20-23,50,54H,6-13,18-19,24-49H2,1-5H3/b16-14-,17-15-,22-20-,23-21-. The number of nitrogens with zero attached hydrogens (tertiary/aromatic N) is 1. The first-order valence-electron chi connectivity index (χ1n) is 25.8. The first kappa shape index (κ1) is 60.2. The number of likely N-dealkylation sites (N-methyl/N-ethyl adjacent to an activating group) is 1. The van der Waals surface area contributed by atoms with Crippen molar-refractivity contribution >= 4 is 17.9 Å². The lowest BCUT2D eigenvalue weighted by Gasteiger charge is -2.26. The van der Waals surface area contributed by atoms with Crippen LogP contribution in [-0.4, -0.2) is 82.3 Å². The largest absolute Gasteiger partial charge is 0.545 e. The number of carboxylic acids is 1. The van der Waals surface area contributed by atoms with Crippen LogP contribution in [0.4, 0.5) is 0 Å². The van der Waals surface area contributed by atoms with Crippen LogP contribution in [0.1, 0.15) is 219 Å². The molecule has 0 N–H and O–H groups in total. The van der Waals surface area contributed by atoms with Crippen LogP contribution in [-0.2, 0) is 33.3 Å². The molecular formula is C54H97NO8. The lowest BCUT2D eigenvalue weighted by molar-refractivity contribution is -0.870. The summed E-state index contributed by atoms with van der Waals surface area (Å²) in [5.74, 6) is -2.29. The molecule has 0 saturated carbocycles. The van der Waals surface area contributed by atoms with Crippen molar-refractivity contribution in [2.75, 3.05) is 47.5 Å². The molecule has 0 fully saturated rings. The summed E-state index contributed by atoms with van der Waals surface area (Å²) in [5.41, 5.74) is 0. The highest BCUT2D eigenvalue weighted by Gasteiger charge is 2.22. The van der Waals surface area contributed by atoms with E-state index >= 15 is 0 Å². The van der Waals surface area contributed by atoms with Gasteiger partial charge in [-0.15, -0.1) is 0 Å². The highest BCUT2D eigenvalue weighted by molar-refractivity contribution is 5.70. The fraction of sp³-hybridized carbons (Fsp3) is 0.796. The van der Waals surface area contributed by atoms with Gasteiger partial charge in [0.25, 0.3) is 0 Å². The molecule has 0 aliphatic rings. The smallest absolute Gasteiger partial charge is 0.306 e. The van der Waals surface area contributed by atoms with Gasteiger partial charge in [-0.2, -0.15) is 0 Å². The molecule has 366 valence electrons. The molecule has 9 nitrogen and oxygen atoms in total. The Kier molecular flexibility index (Phi) is 43.8. The third-order valence-electron chi connectivity index (χ3n) is 11.0. The van der Waals surface area contributed by atoms with Crippen LogP contribution < -0.4 is 5.11 Å². The Labute approximate surface area is 387 Å². The van der Waals surface area contributed by atoms with E-state index in [1.807, 2.05) is 21.1 Å². The zero-order valence-electron chi connectivity index (χ0n) is 41.4. The lowest BCUT2D eigenvalue weighted by atomic mass is 10.1. The Morgan fingerprint density at radius 1 is 0.476 bits per heavy atom. The number of hydrogen-bond acceptors (Lipinski definition) is 8. The number of esters is 2. The Hall–Kier alpha value is -2.75. The Bertz CT molecular complexity index is 1170. The maximum Gasteiger partial charge on any atom is 0.306 e. The topological polar surface area (TPSA) is 111 Å². The van der Waals surface area contributed by atoms with E-state index in [2.05, 4.69) is 62.5 Å². The van der Waals surface area contributed by atoms with Crippen molar-refractivity contribution in [2.24, 2.45) is 0 Å². The summed E-state index contributed by atoms with van der Waals surface area (Å²) in [5, 5.41) is 11.7. The first-order valence-corrected chi connectivity index (χ1v) is 25.8. The van der Waals surface area contributed by atoms with Gasteiger partial charge in [0.05, 0.1) is 40.3 Å². The Morgan fingerprint density at radius 3 is 1.25 bits per heavy atom. The number of rotatable bonds is 47. The third-order valence-corrected chi connectivity index (χ3v) is 11.0. The van der Waals surface area contributed by atoms with Crippen molar-refractivity contribution < 1.29 is 42.9 Å². The minimum Gasteiger partial charge on any atom is -0.545 e. The molecular weight excluding hydrogens is 791 g/mol. The van der Waals surface area contributed by atoms with E-state index in [0.29, 0.717) is 17.4 Å². The molecule has 0 aliphatic carbocycles. The van der Waals surface area contributed by atoms with E-state index in [4.69, 9.17) is 18.9 Å². The number of carbonyl (C=O) groups excluding carboxylic acids is 3. The molecule has 63 heavy (non-hydrogen) atoms. The van der Waals surface area contributed by atoms with Crippen LogP contribution in [0.2, 0.25) is 0 Å². The molecule has 9 heteroatoms. The van der Waals surface area contributed by atoms with E-state index in [9.17, 15) is 19.5 Å². The molecule has 2 unspecified atom stereocenters. The predicted molar refractivity (Wildman–Crippen MR) is 260 cm³/mol. The molecule has 2 atom stereocenters. The van der Waals surface area contributed by atoms with E-state index in [1.165, 1.54) is 128 Å². The van der Waals surface area contributed by atoms with Gasteiger partial charge in [0.1, 0.15) is 13.2 Å². The quantitative estimate of drug-likeness (QED) is 0.0195. The predicted octanol–water partition coefficient (Wildman–Crippen LogP) is 13.0. The van der Waals surface area contributed by atoms with Crippen LogP contribution in [0.15, 0.2) is 48.6 Å². The van der Waals surface area contributed by atoms with Crippen LogP contribution in [0.5, 0.6) is 0 Å². The van der Waals surface area contributed by atoms with Crippen molar-refractivity contribution in [3.8, 4) is 0 Å². The van der Waals surface area contributed by atoms with E-state index in [0.717, 1.165) is 57.8 Å². The van der Waals surface area contributed by atoms with Crippen molar-refractivity contribution in [3.05, 3.63) is 48.6 Å². The van der Waals surface area contributed by atoms with Crippen LogP contribution in [0.25, 0.3) is 0 Å². The minimum atomic E-state index is -1.62. The van der Waals surface area contributed by atoms with E-state index in [1.54, 1.807) is 0 Å². The molecule has 0 aliphatic heterocycles. The van der Waals surface area contributed by atoms with Crippen LogP contribution in [0.3, 0.4) is 0 Å². The zero-order chi connectivity index (χ0) is 46.3. The second-order valence-electron chi connectivity index (χ2n) is 18.5. The molecule has 0 radical (unpaired) electrons. The molecule has 0 aromatic heterocycles. The van der Waals surface area contributed by atoms with Gasteiger partial charge in [-0.25, -0.2) is 0 Å². The summed E-state index contributed by atoms with van der Waals surface area (Å²) in [7, 11) is 5.91. The van der Waals surface area contributed by atoms with Gasteiger partial charge in [-0.1, -0.05) is 178 Å². The number of unbranched alkanes of at least 4 members (excludes halogenated alkanes) is 24. The lowest BCUT2D eigenvalue weighted by Crippen LogP contribution is -2.44. The second-order valence-corrected chi connectivity index (χ2v) is 18.5. The number of quaternary nitrogens is 1. The average molecular weight is 888 g/mol. The molecule has 0 rings (SSSR count). The number of allylic oxidation sites excluding steroid dienone is 8. The number of carboxylic acid groups (broad SMARTS) is 1. The summed E-state index contributed by atoms with van der Waals surface area (Å²) in [6.07, 6.45) is 51.3. The summed E-state index contributed by atoms with van der Waals surface area (Å²) >= 11 is 0. The van der Waals surface area contributed by atoms with Gasteiger partial charge >= 0.3 is 11.9 Å². The van der Waals surface area contributed by atoms with Gasteiger partial charge in [0, 0.05) is 12.8 Å². The van der Waals surface area contributed by atoms with Gasteiger partial charge in [0.15, 0.2) is 12.4 Å². The second kappa shape index (κ2) is 45.8. The summed E-state index contributed by atoms with van der Waals surface area (Å²) < 4.78 is 22.6. The first-order chi connectivity index (χ1) is 30.6. The fourth-order valence-electron chi connectivity index (χ4n) is 7.01. The van der Waals surface area contributed by atoms with Gasteiger partial charge < -0.3 is 33.3 Å². The average Bonchev–Trinajstić information content (AvgIpc) is 3.24. The number of aliphatic carboxylic acids is 1. The Balaban J connectivity index is 4.35. The zero-order valence-corrected chi connectivity index (χ0v) is 41.4. The molecule has 0 aromatic carbocycles. The molecule has 0 bridgehead atoms. The van der Waals surface area contributed by atoms with Gasteiger partial charge in [-0.3, -0.25) is 9.59 Å². The molecule has 0 spiro atoms. The van der Waals surface area contributed by atoms with Crippen molar-refractivity contribution in [1.82, 2.24) is 0 Å². The van der Waals surface area contributed by atoms with E-state index in [-0.39, 0.29) is 38.6 Å². The molecule has 0 amide bonds. The maximum atomic E-state index is 12.8. The summed E-state index contributed by atoms with van der Waals surface area (Å²) in [4.78, 5) is 37.2. The molecule has 0 saturated heterocycles.